The molecule has 0 bridgehead atoms. The van der Waals surface area contributed by atoms with Crippen LogP contribution in [0.2, 0.25) is 0 Å². The maximum Gasteiger partial charge on any atom is 0.234 e. The van der Waals surface area contributed by atoms with Crippen LogP contribution in [-0.2, 0) is 4.79 Å². The van der Waals surface area contributed by atoms with Crippen LogP contribution < -0.4 is 5.32 Å². The van der Waals surface area contributed by atoms with Crippen LogP contribution in [0.3, 0.4) is 0 Å². The fourth-order valence-electron chi connectivity index (χ4n) is 0.812. The summed E-state index contributed by atoms with van der Waals surface area (Å²) in [5.41, 5.74) is 0. The molecule has 0 aromatic rings. The van der Waals surface area contributed by atoms with E-state index in [1.165, 1.54) is 0 Å². The maximum absolute atomic E-state index is 10.6. The van der Waals surface area contributed by atoms with E-state index >= 15 is 0 Å². The largest absolute Gasteiger partial charge is 0.381 e. The van der Waals surface area contributed by atoms with Crippen molar-refractivity contribution < 1.29 is 9.90 Å². The average molecular weight is 130 g/mol. The first-order valence-corrected chi connectivity index (χ1v) is 2.93. The van der Waals surface area contributed by atoms with Crippen molar-refractivity contribution in [3.8, 4) is 0 Å². The van der Waals surface area contributed by atoms with Crippen molar-refractivity contribution in [2.24, 2.45) is 0 Å². The molecule has 1 saturated heterocycles. The van der Waals surface area contributed by atoms with Gasteiger partial charge in [-0.15, -0.1) is 0 Å². The lowest BCUT2D eigenvalue weighted by Gasteiger charge is -2.23. The maximum atomic E-state index is 10.6. The molecular formula is C5H10N2O2. The molecule has 0 aromatic carbocycles. The van der Waals surface area contributed by atoms with Crippen molar-refractivity contribution in [2.45, 2.75) is 0 Å². The molecule has 0 unspecified atom stereocenters. The van der Waals surface area contributed by atoms with Gasteiger partial charge in [0.1, 0.15) is 0 Å². The predicted molar refractivity (Wildman–Crippen MR) is 31.7 cm³/mol. The lowest BCUT2D eigenvalue weighted by atomic mass is 10.4. The predicted octanol–water partition coefficient (Wildman–Crippen LogP) is -1.63. The Labute approximate surface area is 53.5 Å². The molecule has 4 heteroatoms. The molecule has 1 heterocycles. The lowest BCUT2D eigenvalue weighted by Crippen LogP contribution is -2.47. The van der Waals surface area contributed by atoms with Crippen LogP contribution in [0, 0.1) is 0 Å². The van der Waals surface area contributed by atoms with E-state index in [2.05, 4.69) is 5.32 Å². The molecule has 0 atom stereocenters. The Morgan fingerprint density at radius 2 is 2.56 bits per heavy atom. The van der Waals surface area contributed by atoms with Gasteiger partial charge in [-0.05, 0) is 0 Å². The first-order chi connectivity index (χ1) is 4.33. The first kappa shape index (κ1) is 6.51. The number of rotatable bonds is 1. The summed E-state index contributed by atoms with van der Waals surface area (Å²) in [5, 5.41) is 11.2. The van der Waals surface area contributed by atoms with Gasteiger partial charge in [-0.2, -0.15) is 0 Å². The molecule has 1 rings (SSSR count). The fourth-order valence-corrected chi connectivity index (χ4v) is 0.812. The monoisotopic (exact) mass is 130 g/mol. The molecule has 0 aromatic heterocycles. The summed E-state index contributed by atoms with van der Waals surface area (Å²) in [6.07, 6.45) is 0. The second kappa shape index (κ2) is 2.80. The van der Waals surface area contributed by atoms with E-state index in [0.717, 1.165) is 6.54 Å². The molecule has 1 aliphatic rings. The molecule has 1 aliphatic heterocycles. The van der Waals surface area contributed by atoms with Gasteiger partial charge in [0.25, 0.3) is 0 Å². The van der Waals surface area contributed by atoms with Gasteiger partial charge in [0.2, 0.25) is 5.91 Å². The fraction of sp³-hybridized carbons (Fsp3) is 0.800. The Bertz CT molecular complexity index is 116. The third-order valence-electron chi connectivity index (χ3n) is 1.32. The van der Waals surface area contributed by atoms with Gasteiger partial charge >= 0.3 is 0 Å². The zero-order valence-corrected chi connectivity index (χ0v) is 5.13. The van der Waals surface area contributed by atoms with E-state index in [-0.39, 0.29) is 12.6 Å². The van der Waals surface area contributed by atoms with Crippen LogP contribution >= 0.6 is 0 Å². The number of amides is 1. The number of piperazine rings is 1. The zero-order chi connectivity index (χ0) is 6.69. The first-order valence-electron chi connectivity index (χ1n) is 2.93. The average Bonchev–Trinajstić information content (AvgIpc) is 1.88. The molecular weight excluding hydrogens is 120 g/mol. The smallest absolute Gasteiger partial charge is 0.234 e. The molecule has 2 N–H and O–H groups in total. The Hall–Kier alpha value is -0.610. The Morgan fingerprint density at radius 1 is 1.78 bits per heavy atom. The second-order valence-corrected chi connectivity index (χ2v) is 2.04. The number of hydrogen-bond donors (Lipinski definition) is 2. The molecule has 9 heavy (non-hydrogen) atoms. The van der Waals surface area contributed by atoms with Crippen molar-refractivity contribution in [2.75, 3.05) is 26.4 Å². The summed E-state index contributed by atoms with van der Waals surface area (Å²) in [5.74, 6) is -0.00435. The van der Waals surface area contributed by atoms with E-state index in [1.807, 2.05) is 0 Å². The SMILES string of the molecule is O=C1CN(CO)CCN1. The number of aliphatic hydroxyl groups is 1. The topological polar surface area (TPSA) is 52.6 Å². The Morgan fingerprint density at radius 3 is 3.00 bits per heavy atom. The van der Waals surface area contributed by atoms with Crippen LogP contribution in [0.25, 0.3) is 0 Å². The van der Waals surface area contributed by atoms with Crippen molar-refractivity contribution in [1.82, 2.24) is 10.2 Å². The number of carbonyl (C=O) groups is 1. The second-order valence-electron chi connectivity index (χ2n) is 2.04. The number of hydrogen-bond acceptors (Lipinski definition) is 3. The van der Waals surface area contributed by atoms with Crippen molar-refractivity contribution in [1.29, 1.82) is 0 Å². The van der Waals surface area contributed by atoms with Crippen molar-refractivity contribution in [3.63, 3.8) is 0 Å². The Balaban J connectivity index is 2.32. The number of nitrogens with one attached hydrogen (secondary N) is 1. The lowest BCUT2D eigenvalue weighted by molar-refractivity contribution is -0.125. The molecule has 0 saturated carbocycles. The van der Waals surface area contributed by atoms with E-state index in [0.29, 0.717) is 13.1 Å². The summed E-state index contributed by atoms with van der Waals surface area (Å²) in [7, 11) is 0. The number of carbonyl (C=O) groups excluding carboxylic acids is 1. The summed E-state index contributed by atoms with van der Waals surface area (Å²) in [6, 6.07) is 0. The van der Waals surface area contributed by atoms with Gasteiger partial charge in [0.05, 0.1) is 13.3 Å². The van der Waals surface area contributed by atoms with Gasteiger partial charge in [-0.1, -0.05) is 0 Å². The molecule has 0 spiro atoms. The van der Waals surface area contributed by atoms with E-state index in [4.69, 9.17) is 5.11 Å². The van der Waals surface area contributed by atoms with E-state index in [9.17, 15) is 4.79 Å². The third kappa shape index (κ3) is 1.65. The summed E-state index contributed by atoms with van der Waals surface area (Å²) >= 11 is 0. The Kier molecular flexibility index (Phi) is 2.02. The van der Waals surface area contributed by atoms with Crippen LogP contribution in [0.15, 0.2) is 0 Å². The number of aliphatic hydroxyl groups excluding tert-OH is 1. The summed E-state index contributed by atoms with van der Waals surface area (Å²) in [4.78, 5) is 12.2. The van der Waals surface area contributed by atoms with Gasteiger partial charge in [-0.25, -0.2) is 0 Å². The van der Waals surface area contributed by atoms with Crippen LogP contribution in [0.1, 0.15) is 0 Å². The third-order valence-corrected chi connectivity index (χ3v) is 1.32. The van der Waals surface area contributed by atoms with E-state index < -0.39 is 0 Å². The molecule has 52 valence electrons. The van der Waals surface area contributed by atoms with Crippen LogP contribution in [0.4, 0.5) is 0 Å². The van der Waals surface area contributed by atoms with Crippen molar-refractivity contribution >= 4 is 5.91 Å². The molecule has 0 radical (unpaired) electrons. The molecule has 1 fully saturated rings. The normalized spacial score (nSPS) is 21.7. The van der Waals surface area contributed by atoms with E-state index in [1.54, 1.807) is 4.90 Å². The standard InChI is InChI=1S/C5H10N2O2/c8-4-7-2-1-6-5(9)3-7/h8H,1-4H2,(H,6,9). The molecule has 4 nitrogen and oxygen atoms in total. The minimum Gasteiger partial charge on any atom is -0.381 e. The molecule has 1 amide bonds. The highest BCUT2D eigenvalue weighted by Gasteiger charge is 2.13. The van der Waals surface area contributed by atoms with Gasteiger partial charge in [0.15, 0.2) is 0 Å². The van der Waals surface area contributed by atoms with Gasteiger partial charge in [0, 0.05) is 13.1 Å². The highest BCUT2D eigenvalue weighted by molar-refractivity contribution is 5.78. The minimum absolute atomic E-state index is 0.00435. The highest BCUT2D eigenvalue weighted by Crippen LogP contribution is 1.88. The van der Waals surface area contributed by atoms with Crippen LogP contribution in [-0.4, -0.2) is 42.3 Å². The molecule has 0 aliphatic carbocycles. The highest BCUT2D eigenvalue weighted by atomic mass is 16.3. The number of nitrogens with zero attached hydrogens (tertiary/aromatic N) is 1. The summed E-state index contributed by atoms with van der Waals surface area (Å²) in [6.45, 7) is 1.71. The van der Waals surface area contributed by atoms with Crippen LogP contribution in [0.5, 0.6) is 0 Å². The quantitative estimate of drug-likeness (QED) is 0.448. The van der Waals surface area contributed by atoms with Crippen molar-refractivity contribution in [3.05, 3.63) is 0 Å². The summed E-state index contributed by atoms with van der Waals surface area (Å²) < 4.78 is 0. The van der Waals surface area contributed by atoms with Gasteiger partial charge in [-0.3, -0.25) is 9.69 Å². The van der Waals surface area contributed by atoms with Gasteiger partial charge < -0.3 is 10.4 Å². The minimum atomic E-state index is -0.0204. The zero-order valence-electron chi connectivity index (χ0n) is 5.13.